The highest BCUT2D eigenvalue weighted by Gasteiger charge is 2.16. The zero-order valence-electron chi connectivity index (χ0n) is 18.7. The molecule has 1 unspecified atom stereocenters. The maximum atomic E-state index is 10.2. The number of aliphatic hydroxyl groups is 1. The van der Waals surface area contributed by atoms with Gasteiger partial charge < -0.3 is 20.3 Å². The van der Waals surface area contributed by atoms with Crippen molar-refractivity contribution in [3.8, 4) is 11.3 Å². The van der Waals surface area contributed by atoms with Crippen molar-refractivity contribution in [3.05, 3.63) is 60.6 Å². The molecular formula is C24H29N7O. The zero-order valence-corrected chi connectivity index (χ0v) is 18.7. The molecule has 3 N–H and O–H groups in total. The molecule has 0 fully saturated rings. The predicted octanol–water partition coefficient (Wildman–Crippen LogP) is 4.61. The Kier molecular flexibility index (Phi) is 6.61. The van der Waals surface area contributed by atoms with E-state index in [0.717, 1.165) is 28.9 Å². The van der Waals surface area contributed by atoms with Crippen molar-refractivity contribution in [2.24, 2.45) is 0 Å². The lowest BCUT2D eigenvalue weighted by Crippen LogP contribution is -2.20. The fraction of sp³-hybridized carbons (Fsp3) is 0.333. The van der Waals surface area contributed by atoms with E-state index in [1.54, 1.807) is 12.5 Å². The van der Waals surface area contributed by atoms with Gasteiger partial charge >= 0.3 is 0 Å². The summed E-state index contributed by atoms with van der Waals surface area (Å²) < 4.78 is 2.00. The molecule has 4 rings (SSSR count). The van der Waals surface area contributed by atoms with Crippen molar-refractivity contribution in [1.82, 2.24) is 24.5 Å². The molecule has 0 aliphatic heterocycles. The Bertz CT molecular complexity index is 1160. The van der Waals surface area contributed by atoms with Gasteiger partial charge in [0.15, 0.2) is 17.0 Å². The first-order chi connectivity index (χ1) is 15.5. The number of aliphatic hydroxyl groups excluding tert-OH is 1. The van der Waals surface area contributed by atoms with Gasteiger partial charge in [-0.15, -0.1) is 0 Å². The third kappa shape index (κ3) is 4.86. The number of fused-ring (bicyclic) bond motifs is 1. The molecule has 0 radical (unpaired) electrons. The first-order valence-electron chi connectivity index (χ1n) is 11.0. The van der Waals surface area contributed by atoms with E-state index in [1.165, 1.54) is 0 Å². The Morgan fingerprint density at radius 1 is 1.03 bits per heavy atom. The van der Waals surface area contributed by atoms with Gasteiger partial charge in [0, 0.05) is 24.3 Å². The van der Waals surface area contributed by atoms with Crippen LogP contribution in [0.1, 0.15) is 45.2 Å². The molecule has 1 atom stereocenters. The SMILES string of the molecule is CCCC(O)Nc1nc(NCc2ccc(-c3ccccn3)cc2)c2ncn(C(C)C)c2n1. The Balaban J connectivity index is 1.57. The minimum Gasteiger partial charge on any atom is -0.374 e. The Morgan fingerprint density at radius 3 is 2.53 bits per heavy atom. The quantitative estimate of drug-likeness (QED) is 0.333. The molecule has 0 spiro atoms. The maximum absolute atomic E-state index is 10.2. The number of rotatable bonds is 9. The van der Waals surface area contributed by atoms with Crippen LogP contribution in [-0.4, -0.2) is 35.8 Å². The van der Waals surface area contributed by atoms with Crippen LogP contribution in [0.25, 0.3) is 22.4 Å². The molecule has 0 saturated heterocycles. The lowest BCUT2D eigenvalue weighted by Gasteiger charge is -2.15. The first kappa shape index (κ1) is 21.7. The number of anilines is 2. The highest BCUT2D eigenvalue weighted by atomic mass is 16.3. The third-order valence-electron chi connectivity index (χ3n) is 5.21. The summed E-state index contributed by atoms with van der Waals surface area (Å²) in [6.07, 6.45) is 4.36. The van der Waals surface area contributed by atoms with E-state index in [1.807, 2.05) is 29.7 Å². The molecule has 166 valence electrons. The van der Waals surface area contributed by atoms with Crippen molar-refractivity contribution >= 4 is 22.9 Å². The summed E-state index contributed by atoms with van der Waals surface area (Å²) in [6, 6.07) is 14.4. The summed E-state index contributed by atoms with van der Waals surface area (Å²) in [5, 5.41) is 16.6. The minimum absolute atomic E-state index is 0.204. The maximum Gasteiger partial charge on any atom is 0.228 e. The van der Waals surface area contributed by atoms with Crippen molar-refractivity contribution in [2.75, 3.05) is 10.6 Å². The molecule has 0 bridgehead atoms. The van der Waals surface area contributed by atoms with Crippen LogP contribution in [0.2, 0.25) is 0 Å². The van der Waals surface area contributed by atoms with Crippen LogP contribution in [0.15, 0.2) is 55.0 Å². The highest BCUT2D eigenvalue weighted by Crippen LogP contribution is 2.24. The van der Waals surface area contributed by atoms with E-state index in [-0.39, 0.29) is 6.04 Å². The van der Waals surface area contributed by atoms with E-state index in [2.05, 4.69) is 68.7 Å². The van der Waals surface area contributed by atoms with Crippen LogP contribution in [0, 0.1) is 0 Å². The van der Waals surface area contributed by atoms with Crippen LogP contribution in [0.3, 0.4) is 0 Å². The summed E-state index contributed by atoms with van der Waals surface area (Å²) in [5.41, 5.74) is 4.57. The third-order valence-corrected chi connectivity index (χ3v) is 5.21. The monoisotopic (exact) mass is 431 g/mol. The van der Waals surface area contributed by atoms with E-state index >= 15 is 0 Å². The van der Waals surface area contributed by atoms with Crippen molar-refractivity contribution in [2.45, 2.75) is 52.4 Å². The molecule has 32 heavy (non-hydrogen) atoms. The van der Waals surface area contributed by atoms with Gasteiger partial charge in [0.05, 0.1) is 12.0 Å². The lowest BCUT2D eigenvalue weighted by atomic mass is 10.1. The molecule has 4 aromatic rings. The van der Waals surface area contributed by atoms with Gasteiger partial charge in [-0.1, -0.05) is 43.7 Å². The second kappa shape index (κ2) is 9.74. The van der Waals surface area contributed by atoms with Gasteiger partial charge in [0.2, 0.25) is 5.95 Å². The van der Waals surface area contributed by atoms with Crippen molar-refractivity contribution in [3.63, 3.8) is 0 Å². The van der Waals surface area contributed by atoms with E-state index < -0.39 is 6.23 Å². The molecule has 0 saturated carbocycles. The Morgan fingerprint density at radius 2 is 1.84 bits per heavy atom. The normalized spacial score (nSPS) is 12.3. The number of pyridine rings is 1. The standard InChI is InChI=1S/C24H29N7O/c1-4-7-20(32)28-24-29-22(21-23(30-24)31(15-27-21)16(2)3)26-14-17-9-11-18(12-10-17)19-8-5-6-13-25-19/h5-6,8-13,15-16,20,32H,4,7,14H2,1-3H3,(H2,26,28,29,30). The van der Waals surface area contributed by atoms with E-state index in [0.29, 0.717) is 30.2 Å². The van der Waals surface area contributed by atoms with Crippen LogP contribution in [0.5, 0.6) is 0 Å². The zero-order chi connectivity index (χ0) is 22.5. The molecule has 0 aliphatic rings. The fourth-order valence-electron chi connectivity index (χ4n) is 3.49. The van der Waals surface area contributed by atoms with Crippen LogP contribution in [0.4, 0.5) is 11.8 Å². The fourth-order valence-corrected chi connectivity index (χ4v) is 3.49. The van der Waals surface area contributed by atoms with Crippen molar-refractivity contribution in [1.29, 1.82) is 0 Å². The first-order valence-corrected chi connectivity index (χ1v) is 11.0. The van der Waals surface area contributed by atoms with Crippen LogP contribution in [-0.2, 0) is 6.54 Å². The number of imidazole rings is 1. The number of hydrogen-bond donors (Lipinski definition) is 3. The van der Waals surface area contributed by atoms with Crippen LogP contribution >= 0.6 is 0 Å². The number of aromatic nitrogens is 5. The van der Waals surface area contributed by atoms with E-state index in [9.17, 15) is 5.11 Å². The van der Waals surface area contributed by atoms with Gasteiger partial charge in [-0.3, -0.25) is 4.98 Å². The van der Waals surface area contributed by atoms with E-state index in [4.69, 9.17) is 0 Å². The topological polar surface area (TPSA) is 101 Å². The summed E-state index contributed by atoms with van der Waals surface area (Å²) in [4.78, 5) is 18.1. The average Bonchev–Trinajstić information content (AvgIpc) is 3.23. The smallest absolute Gasteiger partial charge is 0.228 e. The highest BCUT2D eigenvalue weighted by molar-refractivity contribution is 5.84. The minimum atomic E-state index is -0.695. The predicted molar refractivity (Wildman–Crippen MR) is 127 cm³/mol. The molecule has 3 heterocycles. The average molecular weight is 432 g/mol. The largest absolute Gasteiger partial charge is 0.374 e. The van der Waals surface area contributed by atoms with Crippen LogP contribution < -0.4 is 10.6 Å². The second-order valence-electron chi connectivity index (χ2n) is 8.03. The second-order valence-corrected chi connectivity index (χ2v) is 8.03. The number of benzene rings is 1. The summed E-state index contributed by atoms with van der Waals surface area (Å²) in [6.45, 7) is 6.77. The summed E-state index contributed by atoms with van der Waals surface area (Å²) >= 11 is 0. The molecule has 0 aliphatic carbocycles. The summed E-state index contributed by atoms with van der Waals surface area (Å²) in [5.74, 6) is 1.02. The molecule has 1 aromatic carbocycles. The number of nitrogens with zero attached hydrogens (tertiary/aromatic N) is 5. The van der Waals surface area contributed by atoms with Gasteiger partial charge in [0.25, 0.3) is 0 Å². The molecule has 8 nitrogen and oxygen atoms in total. The Hall–Kier alpha value is -3.52. The lowest BCUT2D eigenvalue weighted by molar-refractivity contribution is 0.191. The summed E-state index contributed by atoms with van der Waals surface area (Å²) in [7, 11) is 0. The van der Waals surface area contributed by atoms with Gasteiger partial charge in [-0.25, -0.2) is 4.98 Å². The van der Waals surface area contributed by atoms with Gasteiger partial charge in [-0.2, -0.15) is 9.97 Å². The van der Waals surface area contributed by atoms with Gasteiger partial charge in [0.1, 0.15) is 6.23 Å². The molecule has 3 aromatic heterocycles. The molecular weight excluding hydrogens is 402 g/mol. The molecule has 8 heteroatoms. The number of nitrogens with one attached hydrogen (secondary N) is 2. The Labute approximate surface area is 187 Å². The van der Waals surface area contributed by atoms with Crippen molar-refractivity contribution < 1.29 is 5.11 Å². The number of hydrogen-bond acceptors (Lipinski definition) is 7. The van der Waals surface area contributed by atoms with Gasteiger partial charge in [-0.05, 0) is 38.0 Å². The molecule has 0 amide bonds.